The Morgan fingerprint density at radius 3 is 2.47 bits per heavy atom. The normalized spacial score (nSPS) is 15.1. The van der Waals surface area contributed by atoms with Gasteiger partial charge in [-0.15, -0.1) is 0 Å². The molecule has 0 saturated carbocycles. The third-order valence-corrected chi connectivity index (χ3v) is 7.20. The lowest BCUT2D eigenvalue weighted by molar-refractivity contribution is -0.114. The maximum absolute atomic E-state index is 12.9. The fraction of sp³-hybridized carbons (Fsp3) is 0.261. The summed E-state index contributed by atoms with van der Waals surface area (Å²) >= 11 is 0. The monoisotopic (exact) mass is 423 g/mol. The molecule has 1 aliphatic heterocycles. The molecule has 3 aromatic rings. The second kappa shape index (κ2) is 8.85. The number of rotatable bonds is 6. The van der Waals surface area contributed by atoms with Crippen LogP contribution in [0.3, 0.4) is 0 Å². The fourth-order valence-electron chi connectivity index (χ4n) is 3.73. The minimum atomic E-state index is -3.50. The first-order valence-electron chi connectivity index (χ1n) is 10.2. The van der Waals surface area contributed by atoms with E-state index in [4.69, 9.17) is 0 Å². The zero-order valence-electron chi connectivity index (χ0n) is 16.7. The van der Waals surface area contributed by atoms with Crippen molar-refractivity contribution in [3.8, 4) is 0 Å². The highest BCUT2D eigenvalue weighted by atomic mass is 32.2. The summed E-state index contributed by atoms with van der Waals surface area (Å²) in [7, 11) is -3.50. The van der Waals surface area contributed by atoms with Crippen LogP contribution in [0.4, 0.5) is 11.4 Å². The Labute approximate surface area is 177 Å². The van der Waals surface area contributed by atoms with Gasteiger partial charge in [0.15, 0.2) is 0 Å². The van der Waals surface area contributed by atoms with Gasteiger partial charge in [-0.05, 0) is 42.5 Å². The number of benzene rings is 3. The van der Waals surface area contributed by atoms with E-state index < -0.39 is 10.0 Å². The maximum atomic E-state index is 12.9. The number of hydrogen-bond donors (Lipinski definition) is 2. The standard InChI is InChI=1S/C23H25N3O3S/c27-23(25-22-13-6-9-18-8-2-3-12-21(18)22)17-24-19-10-7-11-20(16-19)30(28,29)26-14-4-1-5-15-26/h2-3,6-13,16,24H,1,4-5,14-15,17H2,(H,25,27). The summed E-state index contributed by atoms with van der Waals surface area (Å²) in [5.74, 6) is -0.198. The van der Waals surface area contributed by atoms with E-state index in [0.717, 1.165) is 35.7 Å². The van der Waals surface area contributed by atoms with E-state index in [1.807, 2.05) is 42.5 Å². The summed E-state index contributed by atoms with van der Waals surface area (Å²) in [6, 6.07) is 20.3. The van der Waals surface area contributed by atoms with E-state index in [2.05, 4.69) is 10.6 Å². The van der Waals surface area contributed by atoms with Gasteiger partial charge in [-0.2, -0.15) is 4.31 Å². The molecular formula is C23H25N3O3S. The summed E-state index contributed by atoms with van der Waals surface area (Å²) < 4.78 is 27.3. The van der Waals surface area contributed by atoms with Crippen LogP contribution in [0.15, 0.2) is 71.6 Å². The lowest BCUT2D eigenvalue weighted by Gasteiger charge is -2.26. The molecule has 2 N–H and O–H groups in total. The van der Waals surface area contributed by atoms with Gasteiger partial charge in [-0.3, -0.25) is 4.79 Å². The van der Waals surface area contributed by atoms with Gasteiger partial charge < -0.3 is 10.6 Å². The molecule has 0 radical (unpaired) electrons. The van der Waals surface area contributed by atoms with Crippen LogP contribution >= 0.6 is 0 Å². The molecule has 7 heteroatoms. The first-order valence-corrected chi connectivity index (χ1v) is 11.6. The zero-order chi connectivity index (χ0) is 21.0. The molecule has 0 unspecified atom stereocenters. The summed E-state index contributed by atoms with van der Waals surface area (Å²) in [5.41, 5.74) is 1.35. The molecule has 0 atom stereocenters. The molecule has 6 nitrogen and oxygen atoms in total. The molecule has 3 aromatic carbocycles. The van der Waals surface area contributed by atoms with Crippen molar-refractivity contribution in [3.63, 3.8) is 0 Å². The van der Waals surface area contributed by atoms with E-state index in [0.29, 0.717) is 18.8 Å². The molecule has 0 bridgehead atoms. The maximum Gasteiger partial charge on any atom is 0.243 e. The quantitative estimate of drug-likeness (QED) is 0.627. The molecule has 0 aromatic heterocycles. The SMILES string of the molecule is O=C(CNc1cccc(S(=O)(=O)N2CCCCC2)c1)Nc1cccc2ccccc12. The van der Waals surface area contributed by atoms with Crippen molar-refractivity contribution in [1.29, 1.82) is 0 Å². The summed E-state index contributed by atoms with van der Waals surface area (Å²) in [6.07, 6.45) is 2.86. The average molecular weight is 424 g/mol. The number of nitrogens with zero attached hydrogens (tertiary/aromatic N) is 1. The predicted octanol–water partition coefficient (Wildman–Crippen LogP) is 4.07. The summed E-state index contributed by atoms with van der Waals surface area (Å²) in [5, 5.41) is 7.99. The molecule has 0 aliphatic carbocycles. The van der Waals surface area contributed by atoms with Crippen molar-refractivity contribution in [2.75, 3.05) is 30.3 Å². The molecule has 156 valence electrons. The van der Waals surface area contributed by atoms with Gasteiger partial charge in [-0.25, -0.2) is 8.42 Å². The molecule has 1 heterocycles. The van der Waals surface area contributed by atoms with Crippen LogP contribution in [-0.4, -0.2) is 38.3 Å². The van der Waals surface area contributed by atoms with Crippen molar-refractivity contribution < 1.29 is 13.2 Å². The molecule has 0 spiro atoms. The van der Waals surface area contributed by atoms with Crippen LogP contribution in [0.5, 0.6) is 0 Å². The largest absolute Gasteiger partial charge is 0.376 e. The van der Waals surface area contributed by atoms with Crippen LogP contribution in [0, 0.1) is 0 Å². The van der Waals surface area contributed by atoms with Crippen molar-refractivity contribution in [3.05, 3.63) is 66.7 Å². The van der Waals surface area contributed by atoms with Gasteiger partial charge in [0.2, 0.25) is 15.9 Å². The van der Waals surface area contributed by atoms with E-state index in [-0.39, 0.29) is 17.3 Å². The minimum Gasteiger partial charge on any atom is -0.376 e. The van der Waals surface area contributed by atoms with Gasteiger partial charge in [0, 0.05) is 29.9 Å². The lowest BCUT2D eigenvalue weighted by Crippen LogP contribution is -2.35. The highest BCUT2D eigenvalue weighted by Crippen LogP contribution is 2.24. The second-order valence-electron chi connectivity index (χ2n) is 7.42. The number of sulfonamides is 1. The Morgan fingerprint density at radius 1 is 0.900 bits per heavy atom. The number of fused-ring (bicyclic) bond motifs is 1. The van der Waals surface area contributed by atoms with E-state index in [9.17, 15) is 13.2 Å². The van der Waals surface area contributed by atoms with Crippen molar-refractivity contribution in [2.24, 2.45) is 0 Å². The number of carbonyl (C=O) groups excluding carboxylic acids is 1. The average Bonchev–Trinajstić information content (AvgIpc) is 2.79. The molecule has 4 rings (SSSR count). The third-order valence-electron chi connectivity index (χ3n) is 5.30. The second-order valence-corrected chi connectivity index (χ2v) is 9.36. The lowest BCUT2D eigenvalue weighted by atomic mass is 10.1. The van der Waals surface area contributed by atoms with E-state index in [1.165, 1.54) is 0 Å². The number of anilines is 2. The van der Waals surface area contributed by atoms with Crippen LogP contribution in [0.2, 0.25) is 0 Å². The first-order chi connectivity index (χ1) is 14.5. The number of piperidine rings is 1. The highest BCUT2D eigenvalue weighted by molar-refractivity contribution is 7.89. The summed E-state index contributed by atoms with van der Waals surface area (Å²) in [4.78, 5) is 12.7. The van der Waals surface area contributed by atoms with Gasteiger partial charge in [0.05, 0.1) is 11.4 Å². The third kappa shape index (κ3) is 4.47. The molecule has 1 fully saturated rings. The summed E-state index contributed by atoms with van der Waals surface area (Å²) in [6.45, 7) is 1.16. The fourth-order valence-corrected chi connectivity index (χ4v) is 5.30. The Kier molecular flexibility index (Phi) is 6.01. The molecular weight excluding hydrogens is 398 g/mol. The molecule has 1 saturated heterocycles. The van der Waals surface area contributed by atoms with Crippen molar-refractivity contribution in [2.45, 2.75) is 24.2 Å². The molecule has 1 amide bonds. The number of amides is 1. The van der Waals surface area contributed by atoms with Crippen LogP contribution < -0.4 is 10.6 Å². The Morgan fingerprint density at radius 2 is 1.63 bits per heavy atom. The first kappa shape index (κ1) is 20.4. The highest BCUT2D eigenvalue weighted by Gasteiger charge is 2.26. The smallest absolute Gasteiger partial charge is 0.243 e. The van der Waals surface area contributed by atoms with Crippen LogP contribution in [-0.2, 0) is 14.8 Å². The van der Waals surface area contributed by atoms with Gasteiger partial charge in [0.25, 0.3) is 0 Å². The van der Waals surface area contributed by atoms with Crippen molar-refractivity contribution in [1.82, 2.24) is 4.31 Å². The van der Waals surface area contributed by atoms with Gasteiger partial charge >= 0.3 is 0 Å². The number of carbonyl (C=O) groups is 1. The van der Waals surface area contributed by atoms with Crippen LogP contribution in [0.1, 0.15) is 19.3 Å². The zero-order valence-corrected chi connectivity index (χ0v) is 17.5. The number of hydrogen-bond acceptors (Lipinski definition) is 4. The number of nitrogens with one attached hydrogen (secondary N) is 2. The molecule has 1 aliphatic rings. The Balaban J connectivity index is 1.42. The van der Waals surface area contributed by atoms with Crippen molar-refractivity contribution >= 4 is 38.1 Å². The van der Waals surface area contributed by atoms with Gasteiger partial charge in [-0.1, -0.05) is 48.9 Å². The Hall–Kier alpha value is -2.90. The van der Waals surface area contributed by atoms with E-state index >= 15 is 0 Å². The van der Waals surface area contributed by atoms with Crippen LogP contribution in [0.25, 0.3) is 10.8 Å². The molecule has 30 heavy (non-hydrogen) atoms. The predicted molar refractivity (Wildman–Crippen MR) is 120 cm³/mol. The van der Waals surface area contributed by atoms with Gasteiger partial charge in [0.1, 0.15) is 0 Å². The minimum absolute atomic E-state index is 0.0381. The van der Waals surface area contributed by atoms with E-state index in [1.54, 1.807) is 28.6 Å². The Bertz CT molecular complexity index is 1150. The topological polar surface area (TPSA) is 78.5 Å².